The van der Waals surface area contributed by atoms with Gasteiger partial charge in [0.25, 0.3) is 5.91 Å². The van der Waals surface area contributed by atoms with Gasteiger partial charge in [0.05, 0.1) is 5.56 Å². The van der Waals surface area contributed by atoms with Crippen molar-refractivity contribution in [3.05, 3.63) is 34.0 Å². The molecule has 2 atom stereocenters. The second-order valence-electron chi connectivity index (χ2n) is 6.61. The number of nitrogens with two attached hydrogens (primary N) is 1. The fourth-order valence-electron chi connectivity index (χ4n) is 3.26. The molecular weight excluding hydrogens is 326 g/mol. The molecule has 25 heavy (non-hydrogen) atoms. The Morgan fingerprint density at radius 1 is 1.40 bits per heavy atom. The molecule has 1 aliphatic heterocycles. The van der Waals surface area contributed by atoms with Gasteiger partial charge in [0.2, 0.25) is 11.9 Å². The number of piperidine rings is 1. The van der Waals surface area contributed by atoms with E-state index in [0.29, 0.717) is 30.3 Å². The summed E-state index contributed by atoms with van der Waals surface area (Å²) in [4.78, 5) is 39.9. The molecule has 9 nitrogen and oxygen atoms in total. The molecule has 0 aromatic carbocycles. The van der Waals surface area contributed by atoms with Crippen molar-refractivity contribution < 1.29 is 14.5 Å². The number of carbonyl (C=O) groups is 2. The quantitative estimate of drug-likeness (QED) is 0.557. The molecule has 1 aromatic heterocycles. The minimum Gasteiger partial charge on any atom is -0.365 e. The molecule has 0 bridgehead atoms. The van der Waals surface area contributed by atoms with Crippen molar-refractivity contribution in [3.8, 4) is 0 Å². The molecule has 0 radical (unpaired) electrons. The van der Waals surface area contributed by atoms with Gasteiger partial charge < -0.3 is 16.0 Å². The van der Waals surface area contributed by atoms with Crippen molar-refractivity contribution >= 4 is 17.6 Å². The van der Waals surface area contributed by atoms with Crippen LogP contribution in [0.1, 0.15) is 29.6 Å². The highest BCUT2D eigenvalue weighted by Gasteiger charge is 2.53. The minimum atomic E-state index is -0.710. The third kappa shape index (κ3) is 3.86. The van der Waals surface area contributed by atoms with E-state index < -0.39 is 17.9 Å². The van der Waals surface area contributed by atoms with Crippen LogP contribution < -0.4 is 16.0 Å². The number of amides is 2. The Balaban J connectivity index is 1.47. The van der Waals surface area contributed by atoms with Crippen LogP contribution in [0.3, 0.4) is 0 Å². The van der Waals surface area contributed by atoms with E-state index in [-0.39, 0.29) is 10.8 Å². The van der Waals surface area contributed by atoms with Gasteiger partial charge in [-0.1, -0.05) is 0 Å². The largest absolute Gasteiger partial charge is 0.365 e. The van der Waals surface area contributed by atoms with Gasteiger partial charge in [0.15, 0.2) is 0 Å². The van der Waals surface area contributed by atoms with Crippen LogP contribution in [0.4, 0.5) is 5.82 Å². The number of nitrogens with zero attached hydrogens (tertiary/aromatic N) is 3. The van der Waals surface area contributed by atoms with E-state index in [1.54, 1.807) is 18.3 Å². The first-order valence-electron chi connectivity index (χ1n) is 8.38. The average molecular weight is 347 g/mol. The number of anilines is 1. The highest BCUT2D eigenvalue weighted by atomic mass is 16.6. The number of nitrogens with one attached hydrogen (secondary N) is 1. The number of rotatable bonds is 6. The maximum absolute atomic E-state index is 11.9. The van der Waals surface area contributed by atoms with Crippen LogP contribution in [0.15, 0.2) is 18.3 Å². The zero-order valence-electron chi connectivity index (χ0n) is 13.8. The number of nitro groups is 1. The molecule has 2 heterocycles. The van der Waals surface area contributed by atoms with Gasteiger partial charge in [-0.25, -0.2) is 4.98 Å². The van der Waals surface area contributed by atoms with Crippen molar-refractivity contribution in [1.29, 1.82) is 0 Å². The van der Waals surface area contributed by atoms with E-state index in [1.165, 1.54) is 0 Å². The Labute approximate surface area is 144 Å². The topological polar surface area (TPSA) is 131 Å². The average Bonchev–Trinajstić information content (AvgIpc) is 3.41. The van der Waals surface area contributed by atoms with E-state index in [4.69, 9.17) is 5.73 Å². The molecule has 1 aliphatic carbocycles. The Morgan fingerprint density at radius 2 is 2.12 bits per heavy atom. The van der Waals surface area contributed by atoms with Crippen LogP contribution in [0.2, 0.25) is 0 Å². The maximum atomic E-state index is 11.9. The molecule has 9 heteroatoms. The van der Waals surface area contributed by atoms with Crippen molar-refractivity contribution in [3.63, 3.8) is 0 Å². The third-order valence-corrected chi connectivity index (χ3v) is 4.90. The van der Waals surface area contributed by atoms with Crippen molar-refractivity contribution in [2.75, 3.05) is 24.5 Å². The first-order chi connectivity index (χ1) is 12.0. The highest BCUT2D eigenvalue weighted by Crippen LogP contribution is 2.33. The zero-order valence-corrected chi connectivity index (χ0v) is 13.8. The van der Waals surface area contributed by atoms with Crippen LogP contribution >= 0.6 is 0 Å². The normalized spacial score (nSPS) is 23.1. The summed E-state index contributed by atoms with van der Waals surface area (Å²) in [7, 11) is 0. The summed E-state index contributed by atoms with van der Waals surface area (Å²) in [6, 6.07) is 2.64. The van der Waals surface area contributed by atoms with Gasteiger partial charge in [-0.3, -0.25) is 19.7 Å². The molecule has 1 aromatic rings. The highest BCUT2D eigenvalue weighted by molar-refractivity contribution is 5.97. The van der Waals surface area contributed by atoms with Gasteiger partial charge in [0, 0.05) is 37.2 Å². The Bertz CT molecular complexity index is 687. The van der Waals surface area contributed by atoms with Gasteiger partial charge in [-0.05, 0) is 30.9 Å². The molecule has 2 unspecified atom stereocenters. The van der Waals surface area contributed by atoms with E-state index in [0.717, 1.165) is 25.9 Å². The summed E-state index contributed by atoms with van der Waals surface area (Å²) in [6.45, 7) is 1.97. The molecule has 3 rings (SSSR count). The lowest BCUT2D eigenvalue weighted by Crippen LogP contribution is -2.40. The summed E-state index contributed by atoms with van der Waals surface area (Å²) >= 11 is 0. The van der Waals surface area contributed by atoms with E-state index >= 15 is 0 Å². The van der Waals surface area contributed by atoms with Gasteiger partial charge in [0.1, 0.15) is 11.7 Å². The van der Waals surface area contributed by atoms with Gasteiger partial charge in [-0.15, -0.1) is 0 Å². The van der Waals surface area contributed by atoms with E-state index in [2.05, 4.69) is 10.3 Å². The fraction of sp³-hybridized carbons (Fsp3) is 0.562. The zero-order chi connectivity index (χ0) is 18.0. The smallest absolute Gasteiger partial charge is 0.252 e. The number of aromatic nitrogens is 1. The van der Waals surface area contributed by atoms with Crippen LogP contribution in [-0.4, -0.2) is 47.4 Å². The molecule has 2 aliphatic rings. The van der Waals surface area contributed by atoms with Crippen molar-refractivity contribution in [2.24, 2.45) is 17.6 Å². The maximum Gasteiger partial charge on any atom is 0.252 e. The van der Waals surface area contributed by atoms with Gasteiger partial charge >= 0.3 is 0 Å². The molecule has 3 N–H and O–H groups in total. The van der Waals surface area contributed by atoms with Crippen molar-refractivity contribution in [2.45, 2.75) is 25.3 Å². The molecule has 1 saturated heterocycles. The number of primary amides is 1. The SMILES string of the molecule is NC(=O)c1cccnc1N1CCC(CNC(=O)C2CC2[N+](=O)[O-])CC1. The predicted octanol–water partition coefficient (Wildman–Crippen LogP) is 0.178. The molecule has 1 saturated carbocycles. The van der Waals surface area contributed by atoms with E-state index in [1.807, 2.05) is 4.90 Å². The molecule has 2 fully saturated rings. The summed E-state index contributed by atoms with van der Waals surface area (Å²) in [6.07, 6.45) is 3.67. The Hall–Kier alpha value is -2.71. The standard InChI is InChI=1S/C16H21N5O4/c17-14(22)11-2-1-5-18-15(11)20-6-3-10(4-7-20)9-19-16(23)12-8-13(12)21(24)25/h1-2,5,10,12-13H,3-4,6-9H2,(H2,17,22)(H,19,23). The lowest BCUT2D eigenvalue weighted by molar-refractivity contribution is -0.497. The van der Waals surface area contributed by atoms with Crippen LogP contribution in [-0.2, 0) is 4.79 Å². The summed E-state index contributed by atoms with van der Waals surface area (Å²) in [5, 5.41) is 13.4. The summed E-state index contributed by atoms with van der Waals surface area (Å²) in [5.41, 5.74) is 5.81. The second kappa shape index (κ2) is 7.04. The fourth-order valence-corrected chi connectivity index (χ4v) is 3.26. The predicted molar refractivity (Wildman–Crippen MR) is 89.6 cm³/mol. The second-order valence-corrected chi connectivity index (χ2v) is 6.61. The first kappa shape index (κ1) is 17.1. The Morgan fingerprint density at radius 3 is 2.72 bits per heavy atom. The molecule has 2 amide bonds. The third-order valence-electron chi connectivity index (χ3n) is 4.90. The number of hydrogen-bond donors (Lipinski definition) is 2. The lowest BCUT2D eigenvalue weighted by atomic mass is 9.96. The van der Waals surface area contributed by atoms with Gasteiger partial charge in [-0.2, -0.15) is 0 Å². The Kier molecular flexibility index (Phi) is 4.82. The van der Waals surface area contributed by atoms with Crippen LogP contribution in [0, 0.1) is 22.0 Å². The number of hydrogen-bond acceptors (Lipinski definition) is 6. The summed E-state index contributed by atoms with van der Waals surface area (Å²) in [5.74, 6) is -0.271. The minimum absolute atomic E-state index is 0.218. The van der Waals surface area contributed by atoms with Crippen molar-refractivity contribution in [1.82, 2.24) is 10.3 Å². The molecular formula is C16H21N5O4. The summed E-state index contributed by atoms with van der Waals surface area (Å²) < 4.78 is 0. The number of pyridine rings is 1. The van der Waals surface area contributed by atoms with Crippen LogP contribution in [0.25, 0.3) is 0 Å². The monoisotopic (exact) mass is 347 g/mol. The first-order valence-corrected chi connectivity index (χ1v) is 8.38. The molecule has 134 valence electrons. The molecule has 0 spiro atoms. The number of carbonyl (C=O) groups excluding carboxylic acids is 2. The van der Waals surface area contributed by atoms with E-state index in [9.17, 15) is 19.7 Å². The lowest BCUT2D eigenvalue weighted by Gasteiger charge is -2.33. The van der Waals surface area contributed by atoms with Crippen LogP contribution in [0.5, 0.6) is 0 Å².